The van der Waals surface area contributed by atoms with Gasteiger partial charge in [-0.2, -0.15) is 13.2 Å². The van der Waals surface area contributed by atoms with Gasteiger partial charge in [-0.3, -0.25) is 4.90 Å². The van der Waals surface area contributed by atoms with Gasteiger partial charge in [-0.25, -0.2) is 4.39 Å². The van der Waals surface area contributed by atoms with E-state index >= 15 is 0 Å². The first-order valence-corrected chi connectivity index (χ1v) is 6.38. The normalized spacial score (nSPS) is 18.8. The Morgan fingerprint density at radius 2 is 1.90 bits per heavy atom. The first-order chi connectivity index (χ1) is 9.45. The van der Waals surface area contributed by atoms with Crippen molar-refractivity contribution in [3.05, 3.63) is 47.8 Å². The average molecular weight is 288 g/mol. The second-order valence-electron chi connectivity index (χ2n) is 4.67. The lowest BCUT2D eigenvalue weighted by atomic mass is 9.97. The zero-order valence-corrected chi connectivity index (χ0v) is 10.9. The first kappa shape index (κ1) is 15.0. The summed E-state index contributed by atoms with van der Waals surface area (Å²) in [7, 11) is 0. The summed E-state index contributed by atoms with van der Waals surface area (Å²) in [6.45, 7) is 6.03. The molecule has 20 heavy (non-hydrogen) atoms. The predicted molar refractivity (Wildman–Crippen MR) is 68.8 cm³/mol. The monoisotopic (exact) mass is 288 g/mol. The van der Waals surface area contributed by atoms with E-state index in [1.807, 2.05) is 0 Å². The molecule has 1 atom stereocenters. The van der Waals surface area contributed by atoms with Crippen molar-refractivity contribution in [1.29, 1.82) is 0 Å². The van der Waals surface area contributed by atoms with Crippen molar-refractivity contribution in [2.24, 2.45) is 0 Å². The van der Waals surface area contributed by atoms with Crippen LogP contribution in [0.3, 0.4) is 0 Å². The SMILES string of the molecule is C=C[C@@H](c1c(F)cccc1C(F)(F)F)N1CCNCC1. The third-order valence-corrected chi connectivity index (χ3v) is 3.42. The molecule has 2 rings (SSSR count). The molecule has 0 unspecified atom stereocenters. The summed E-state index contributed by atoms with van der Waals surface area (Å²) in [6, 6.07) is 2.29. The predicted octanol–water partition coefficient (Wildman–Crippen LogP) is 2.98. The molecule has 0 amide bonds. The summed E-state index contributed by atoms with van der Waals surface area (Å²) in [6.07, 6.45) is -3.20. The lowest BCUT2D eigenvalue weighted by Gasteiger charge is -2.34. The van der Waals surface area contributed by atoms with Crippen LogP contribution in [0.4, 0.5) is 17.6 Å². The van der Waals surface area contributed by atoms with Crippen molar-refractivity contribution < 1.29 is 17.6 Å². The number of halogens is 4. The van der Waals surface area contributed by atoms with Crippen LogP contribution in [-0.4, -0.2) is 31.1 Å². The molecule has 0 spiro atoms. The average Bonchev–Trinajstić information content (AvgIpc) is 2.41. The molecule has 0 radical (unpaired) electrons. The molecule has 0 aliphatic carbocycles. The van der Waals surface area contributed by atoms with Gasteiger partial charge in [0.05, 0.1) is 11.6 Å². The maximum atomic E-state index is 14.0. The zero-order chi connectivity index (χ0) is 14.8. The largest absolute Gasteiger partial charge is 0.416 e. The Balaban J connectivity index is 2.45. The van der Waals surface area contributed by atoms with Crippen LogP contribution in [0.5, 0.6) is 0 Å². The van der Waals surface area contributed by atoms with Crippen LogP contribution in [0.15, 0.2) is 30.9 Å². The van der Waals surface area contributed by atoms with Gasteiger partial charge in [-0.05, 0) is 12.1 Å². The number of alkyl halides is 3. The highest BCUT2D eigenvalue weighted by atomic mass is 19.4. The number of rotatable bonds is 3. The third-order valence-electron chi connectivity index (χ3n) is 3.42. The highest BCUT2D eigenvalue weighted by Crippen LogP contribution is 2.38. The van der Waals surface area contributed by atoms with E-state index in [-0.39, 0.29) is 5.56 Å². The number of benzene rings is 1. The van der Waals surface area contributed by atoms with E-state index in [0.717, 1.165) is 18.2 Å². The van der Waals surface area contributed by atoms with E-state index in [9.17, 15) is 17.6 Å². The van der Waals surface area contributed by atoms with Gasteiger partial charge in [0, 0.05) is 31.7 Å². The van der Waals surface area contributed by atoms with Gasteiger partial charge in [-0.1, -0.05) is 12.1 Å². The molecule has 1 aliphatic rings. The molecule has 1 heterocycles. The van der Waals surface area contributed by atoms with E-state index in [4.69, 9.17) is 0 Å². The lowest BCUT2D eigenvalue weighted by molar-refractivity contribution is -0.138. The fourth-order valence-corrected chi connectivity index (χ4v) is 2.49. The number of nitrogens with one attached hydrogen (secondary N) is 1. The number of hydrogen-bond donors (Lipinski definition) is 1. The maximum Gasteiger partial charge on any atom is 0.416 e. The molecule has 2 nitrogen and oxygen atoms in total. The summed E-state index contributed by atoms with van der Waals surface area (Å²) in [5.41, 5.74) is -1.27. The van der Waals surface area contributed by atoms with Crippen LogP contribution in [0, 0.1) is 5.82 Å². The Morgan fingerprint density at radius 3 is 2.45 bits per heavy atom. The highest BCUT2D eigenvalue weighted by Gasteiger charge is 2.37. The van der Waals surface area contributed by atoms with Gasteiger partial charge in [0.15, 0.2) is 0 Å². The number of nitrogens with zero attached hydrogens (tertiary/aromatic N) is 1. The van der Waals surface area contributed by atoms with Gasteiger partial charge in [-0.15, -0.1) is 6.58 Å². The molecule has 1 fully saturated rings. The van der Waals surface area contributed by atoms with E-state index in [1.54, 1.807) is 4.90 Å². The van der Waals surface area contributed by atoms with Crippen molar-refractivity contribution in [2.45, 2.75) is 12.2 Å². The topological polar surface area (TPSA) is 15.3 Å². The summed E-state index contributed by atoms with van der Waals surface area (Å²) >= 11 is 0. The minimum atomic E-state index is -4.58. The molecule has 0 saturated carbocycles. The van der Waals surface area contributed by atoms with Crippen LogP contribution in [0.1, 0.15) is 17.2 Å². The maximum absolute atomic E-state index is 14.0. The Labute approximate surface area is 115 Å². The molecule has 1 aliphatic heterocycles. The van der Waals surface area contributed by atoms with Crippen LogP contribution in [0.2, 0.25) is 0 Å². The molecule has 6 heteroatoms. The number of piperazine rings is 1. The number of hydrogen-bond acceptors (Lipinski definition) is 2. The van der Waals surface area contributed by atoms with Crippen molar-refractivity contribution in [2.75, 3.05) is 26.2 Å². The van der Waals surface area contributed by atoms with Gasteiger partial charge in [0.1, 0.15) is 5.82 Å². The highest BCUT2D eigenvalue weighted by molar-refractivity contribution is 5.36. The summed E-state index contributed by atoms with van der Waals surface area (Å²) in [4.78, 5) is 1.80. The van der Waals surface area contributed by atoms with Crippen molar-refractivity contribution in [3.8, 4) is 0 Å². The van der Waals surface area contributed by atoms with Gasteiger partial charge < -0.3 is 5.32 Å². The van der Waals surface area contributed by atoms with E-state index in [2.05, 4.69) is 11.9 Å². The van der Waals surface area contributed by atoms with Crippen molar-refractivity contribution in [3.63, 3.8) is 0 Å². The second-order valence-corrected chi connectivity index (χ2v) is 4.67. The van der Waals surface area contributed by atoms with Crippen LogP contribution in [-0.2, 0) is 6.18 Å². The van der Waals surface area contributed by atoms with Crippen LogP contribution in [0.25, 0.3) is 0 Å². The van der Waals surface area contributed by atoms with E-state index in [0.29, 0.717) is 26.2 Å². The van der Waals surface area contributed by atoms with Gasteiger partial charge >= 0.3 is 6.18 Å². The zero-order valence-electron chi connectivity index (χ0n) is 10.9. The Hall–Kier alpha value is -1.40. The molecule has 1 aromatic carbocycles. The quantitative estimate of drug-likeness (QED) is 0.679. The molecule has 0 aromatic heterocycles. The summed E-state index contributed by atoms with van der Waals surface area (Å²) in [5.74, 6) is -0.844. The van der Waals surface area contributed by atoms with E-state index in [1.165, 1.54) is 6.08 Å². The summed E-state index contributed by atoms with van der Waals surface area (Å²) in [5, 5.41) is 3.11. The minimum Gasteiger partial charge on any atom is -0.314 e. The molecule has 1 aromatic rings. The molecular weight excluding hydrogens is 272 g/mol. The van der Waals surface area contributed by atoms with Crippen molar-refractivity contribution in [1.82, 2.24) is 10.2 Å². The molecule has 0 bridgehead atoms. The third kappa shape index (κ3) is 3.02. The first-order valence-electron chi connectivity index (χ1n) is 6.38. The standard InChI is InChI=1S/C14H16F4N2/c1-2-12(20-8-6-19-7-9-20)13-10(14(16,17)18)4-3-5-11(13)15/h2-5,12,19H,1,6-9H2/t12-/m0/s1. The molecule has 1 N–H and O–H groups in total. The molecule has 110 valence electrons. The van der Waals surface area contributed by atoms with Crippen LogP contribution < -0.4 is 5.32 Å². The van der Waals surface area contributed by atoms with Crippen molar-refractivity contribution >= 4 is 0 Å². The fraction of sp³-hybridized carbons (Fsp3) is 0.429. The molecule has 1 saturated heterocycles. The lowest BCUT2D eigenvalue weighted by Crippen LogP contribution is -2.45. The fourth-order valence-electron chi connectivity index (χ4n) is 2.49. The Morgan fingerprint density at radius 1 is 1.25 bits per heavy atom. The molecular formula is C14H16F4N2. The van der Waals surface area contributed by atoms with Gasteiger partial charge in [0.2, 0.25) is 0 Å². The van der Waals surface area contributed by atoms with Crippen LogP contribution >= 0.6 is 0 Å². The van der Waals surface area contributed by atoms with E-state index < -0.39 is 23.6 Å². The van der Waals surface area contributed by atoms with Gasteiger partial charge in [0.25, 0.3) is 0 Å². The summed E-state index contributed by atoms with van der Waals surface area (Å²) < 4.78 is 53.2. The Bertz CT molecular complexity index is 479. The smallest absolute Gasteiger partial charge is 0.314 e. The second kappa shape index (κ2) is 5.93. The Kier molecular flexibility index (Phi) is 4.45. The minimum absolute atomic E-state index is 0.336.